The van der Waals surface area contributed by atoms with Crippen molar-refractivity contribution in [3.63, 3.8) is 0 Å². The number of nitrogens with zero attached hydrogens (tertiary/aromatic N) is 5. The van der Waals surface area contributed by atoms with Gasteiger partial charge >= 0.3 is 0 Å². The largest absolute Gasteiger partial charge is 0.478 e. The lowest BCUT2D eigenvalue weighted by molar-refractivity contribution is -0.121. The number of aromatic nitrogens is 3. The average molecular weight is 473 g/mol. The van der Waals surface area contributed by atoms with Crippen LogP contribution in [-0.4, -0.2) is 53.1 Å². The summed E-state index contributed by atoms with van der Waals surface area (Å²) in [6.07, 6.45) is 3.91. The number of halogens is 1. The second kappa shape index (κ2) is 8.66. The van der Waals surface area contributed by atoms with Crippen molar-refractivity contribution in [3.8, 4) is 16.9 Å². The van der Waals surface area contributed by atoms with Crippen molar-refractivity contribution in [1.82, 2.24) is 19.7 Å². The van der Waals surface area contributed by atoms with Crippen LogP contribution >= 0.6 is 0 Å². The molecule has 0 radical (unpaired) electrons. The summed E-state index contributed by atoms with van der Waals surface area (Å²) < 4.78 is 21.6. The molecule has 5 heterocycles. The second-order valence-corrected chi connectivity index (χ2v) is 8.79. The zero-order valence-corrected chi connectivity index (χ0v) is 19.4. The first kappa shape index (κ1) is 21.5. The monoisotopic (exact) mass is 472 g/mol. The maximum atomic E-state index is 14.3. The summed E-state index contributed by atoms with van der Waals surface area (Å²) in [6, 6.07) is 12.7. The van der Waals surface area contributed by atoms with Crippen molar-refractivity contribution in [2.24, 2.45) is 0 Å². The van der Waals surface area contributed by atoms with E-state index in [9.17, 15) is 9.18 Å². The quantitative estimate of drug-likeness (QED) is 0.492. The maximum absolute atomic E-state index is 14.3. The van der Waals surface area contributed by atoms with Gasteiger partial charge in [0.05, 0.1) is 23.6 Å². The van der Waals surface area contributed by atoms with E-state index in [1.807, 2.05) is 35.9 Å². The van der Waals surface area contributed by atoms with Gasteiger partial charge in [-0.3, -0.25) is 9.69 Å². The lowest BCUT2D eigenvalue weighted by Crippen LogP contribution is -2.43. The van der Waals surface area contributed by atoms with Crippen LogP contribution < -0.4 is 19.9 Å². The van der Waals surface area contributed by atoms with Gasteiger partial charge in [0, 0.05) is 49.7 Å². The van der Waals surface area contributed by atoms with Crippen molar-refractivity contribution >= 4 is 23.1 Å². The molecular formula is C26H25FN6O2. The van der Waals surface area contributed by atoms with Crippen molar-refractivity contribution < 1.29 is 13.9 Å². The molecule has 0 saturated carbocycles. The Hall–Kier alpha value is -3.98. The summed E-state index contributed by atoms with van der Waals surface area (Å²) in [4.78, 5) is 25.9. The van der Waals surface area contributed by atoms with Crippen molar-refractivity contribution in [1.29, 1.82) is 0 Å². The molecule has 4 aromatic rings. The van der Waals surface area contributed by atoms with Crippen LogP contribution in [0.25, 0.3) is 16.8 Å². The number of para-hydroxylation sites is 1. The van der Waals surface area contributed by atoms with Crippen molar-refractivity contribution in [2.45, 2.75) is 13.5 Å². The highest BCUT2D eigenvalue weighted by atomic mass is 19.1. The number of hydrogen-bond acceptors (Lipinski definition) is 6. The molecule has 1 N–H and O–H groups in total. The summed E-state index contributed by atoms with van der Waals surface area (Å²) in [7, 11) is 0. The van der Waals surface area contributed by atoms with E-state index in [4.69, 9.17) is 9.72 Å². The van der Waals surface area contributed by atoms with Crippen LogP contribution in [0, 0.1) is 12.7 Å². The fourth-order valence-electron chi connectivity index (χ4n) is 4.73. The number of ether oxygens (including phenoxy) is 1. The predicted molar refractivity (Wildman–Crippen MR) is 131 cm³/mol. The van der Waals surface area contributed by atoms with E-state index >= 15 is 0 Å². The molecule has 2 aliphatic rings. The topological polar surface area (TPSA) is 75.0 Å². The van der Waals surface area contributed by atoms with Gasteiger partial charge < -0.3 is 19.4 Å². The molecule has 6 rings (SSSR count). The number of hydrogen-bond donors (Lipinski definition) is 1. The minimum absolute atomic E-state index is 0.106. The summed E-state index contributed by atoms with van der Waals surface area (Å²) in [5.74, 6) is 0.386. The molecule has 0 aliphatic carbocycles. The van der Waals surface area contributed by atoms with E-state index in [1.165, 1.54) is 6.07 Å². The predicted octanol–water partition coefficient (Wildman–Crippen LogP) is 3.18. The second-order valence-electron chi connectivity index (χ2n) is 8.79. The first-order valence-corrected chi connectivity index (χ1v) is 11.7. The highest BCUT2D eigenvalue weighted by Crippen LogP contribution is 2.35. The molecule has 2 aliphatic heterocycles. The Morgan fingerprint density at radius 2 is 1.91 bits per heavy atom. The van der Waals surface area contributed by atoms with Gasteiger partial charge in [0.2, 0.25) is 0 Å². The van der Waals surface area contributed by atoms with Crippen LogP contribution in [0.3, 0.4) is 0 Å². The number of pyridine rings is 2. The Labute approximate surface area is 202 Å². The highest BCUT2D eigenvalue weighted by Gasteiger charge is 2.29. The molecule has 3 aromatic heterocycles. The zero-order valence-electron chi connectivity index (χ0n) is 19.4. The third-order valence-electron chi connectivity index (χ3n) is 6.63. The summed E-state index contributed by atoms with van der Waals surface area (Å²) in [5.41, 5.74) is 4.88. The molecular weight excluding hydrogens is 447 g/mol. The number of piperazine rings is 1. The highest BCUT2D eigenvalue weighted by molar-refractivity contribution is 5.97. The molecule has 1 aromatic carbocycles. The van der Waals surface area contributed by atoms with Gasteiger partial charge in [0.1, 0.15) is 11.5 Å². The minimum atomic E-state index is -0.478. The number of rotatable bonds is 4. The Bertz CT molecular complexity index is 1410. The van der Waals surface area contributed by atoms with Gasteiger partial charge in [0.25, 0.3) is 5.91 Å². The van der Waals surface area contributed by atoms with E-state index in [0.717, 1.165) is 60.2 Å². The molecule has 1 amide bonds. The van der Waals surface area contributed by atoms with Crippen LogP contribution in [0.4, 0.5) is 15.9 Å². The first-order chi connectivity index (χ1) is 17.1. The van der Waals surface area contributed by atoms with E-state index in [1.54, 1.807) is 17.0 Å². The maximum Gasteiger partial charge on any atom is 0.265 e. The average Bonchev–Trinajstić information content (AvgIpc) is 3.20. The summed E-state index contributed by atoms with van der Waals surface area (Å²) in [6.45, 7) is 5.81. The van der Waals surface area contributed by atoms with Gasteiger partial charge in [-0.15, -0.1) is 0 Å². The first-order valence-electron chi connectivity index (χ1n) is 11.7. The fraction of sp³-hybridized carbons (Fsp3) is 0.269. The molecule has 1 saturated heterocycles. The Balaban J connectivity index is 1.34. The normalized spacial score (nSPS) is 15.9. The van der Waals surface area contributed by atoms with E-state index < -0.39 is 5.82 Å². The number of aryl methyl sites for hydroxylation is 1. The van der Waals surface area contributed by atoms with E-state index in [2.05, 4.69) is 27.3 Å². The van der Waals surface area contributed by atoms with Crippen LogP contribution in [0.2, 0.25) is 0 Å². The van der Waals surface area contributed by atoms with E-state index in [-0.39, 0.29) is 24.8 Å². The van der Waals surface area contributed by atoms with Gasteiger partial charge in [-0.25, -0.2) is 14.4 Å². The molecule has 35 heavy (non-hydrogen) atoms. The Kier molecular flexibility index (Phi) is 5.33. The van der Waals surface area contributed by atoms with Crippen molar-refractivity contribution in [3.05, 3.63) is 72.1 Å². The molecule has 0 unspecified atom stereocenters. The summed E-state index contributed by atoms with van der Waals surface area (Å²) in [5, 5.41) is 3.36. The lowest BCUT2D eigenvalue weighted by Gasteiger charge is -2.29. The SMILES string of the molecule is Cc1nc2ccc(-c3ccc(N4CCNCC4)nc3)cn2c1CN1C(=O)COc2c(F)cccc21. The molecule has 0 spiro atoms. The number of nitrogens with one attached hydrogen (secondary N) is 1. The smallest absolute Gasteiger partial charge is 0.265 e. The number of fused-ring (bicyclic) bond motifs is 2. The third kappa shape index (κ3) is 3.87. The van der Waals surface area contributed by atoms with E-state index in [0.29, 0.717) is 5.69 Å². The van der Waals surface area contributed by atoms with Crippen LogP contribution in [-0.2, 0) is 11.3 Å². The molecule has 1 fully saturated rings. The number of amides is 1. The number of imidazole rings is 1. The Morgan fingerprint density at radius 1 is 1.09 bits per heavy atom. The molecule has 0 bridgehead atoms. The number of carbonyl (C=O) groups is 1. The van der Waals surface area contributed by atoms with Gasteiger partial charge in [-0.05, 0) is 43.3 Å². The van der Waals surface area contributed by atoms with Crippen LogP contribution in [0.15, 0.2) is 54.9 Å². The zero-order chi connectivity index (χ0) is 23.9. The van der Waals surface area contributed by atoms with Gasteiger partial charge in [-0.1, -0.05) is 6.07 Å². The summed E-state index contributed by atoms with van der Waals surface area (Å²) >= 11 is 0. The van der Waals surface area contributed by atoms with Crippen molar-refractivity contribution in [2.75, 3.05) is 42.6 Å². The molecule has 0 atom stereocenters. The van der Waals surface area contributed by atoms with Crippen LogP contribution in [0.5, 0.6) is 5.75 Å². The molecule has 178 valence electrons. The fourth-order valence-corrected chi connectivity index (χ4v) is 4.73. The minimum Gasteiger partial charge on any atom is -0.478 e. The standard InChI is InChI=1S/C26H25FN6O2/c1-17-22(15-33-21-4-2-3-20(27)26(21)35-16-25(33)34)32-14-19(6-8-24(32)30-17)18-5-7-23(29-13-18)31-11-9-28-10-12-31/h2-8,13-14,28H,9-12,15-16H2,1H3. The van der Waals surface area contributed by atoms with Gasteiger partial charge in [0.15, 0.2) is 18.2 Å². The van der Waals surface area contributed by atoms with Gasteiger partial charge in [-0.2, -0.15) is 0 Å². The number of benzene rings is 1. The number of anilines is 2. The molecule has 8 nitrogen and oxygen atoms in total. The molecule has 9 heteroatoms. The Morgan fingerprint density at radius 3 is 2.71 bits per heavy atom. The lowest BCUT2D eigenvalue weighted by atomic mass is 10.1. The third-order valence-corrected chi connectivity index (χ3v) is 6.63. The van der Waals surface area contributed by atoms with Crippen LogP contribution in [0.1, 0.15) is 11.4 Å². The number of carbonyl (C=O) groups excluding carboxylic acids is 1.